The molecule has 2 aromatic rings. The van der Waals surface area contributed by atoms with Gasteiger partial charge in [-0.2, -0.15) is 0 Å². The molecule has 0 bridgehead atoms. The molecular weight excluding hydrogens is 380 g/mol. The van der Waals surface area contributed by atoms with E-state index in [9.17, 15) is 14.4 Å². The minimum Gasteiger partial charge on any atom is -0.427 e. The third kappa shape index (κ3) is 6.17. The molecule has 30 heavy (non-hydrogen) atoms. The van der Waals surface area contributed by atoms with Crippen LogP contribution in [-0.4, -0.2) is 41.8 Å². The summed E-state index contributed by atoms with van der Waals surface area (Å²) in [7, 11) is 0. The van der Waals surface area contributed by atoms with E-state index in [4.69, 9.17) is 4.74 Å². The van der Waals surface area contributed by atoms with Crippen molar-refractivity contribution in [1.29, 1.82) is 0 Å². The zero-order chi connectivity index (χ0) is 21.5. The van der Waals surface area contributed by atoms with Crippen molar-refractivity contribution >= 4 is 17.8 Å². The molecule has 0 unspecified atom stereocenters. The van der Waals surface area contributed by atoms with E-state index in [0.717, 1.165) is 24.8 Å². The summed E-state index contributed by atoms with van der Waals surface area (Å²) < 4.78 is 5.06. The summed E-state index contributed by atoms with van der Waals surface area (Å²) in [5, 5.41) is 3.10. The third-order valence-corrected chi connectivity index (χ3v) is 5.25. The Kier molecular flexibility index (Phi) is 7.22. The van der Waals surface area contributed by atoms with Gasteiger partial charge >= 0.3 is 5.97 Å². The van der Waals surface area contributed by atoms with Gasteiger partial charge in [0.05, 0.1) is 0 Å². The number of carbonyl (C=O) groups is 3. The molecule has 158 valence electrons. The summed E-state index contributed by atoms with van der Waals surface area (Å²) >= 11 is 0. The van der Waals surface area contributed by atoms with E-state index >= 15 is 0 Å². The van der Waals surface area contributed by atoms with Crippen LogP contribution in [0, 0.1) is 6.92 Å². The molecule has 1 aliphatic heterocycles. The quantitative estimate of drug-likeness (QED) is 0.588. The zero-order valence-electron chi connectivity index (χ0n) is 17.5. The topological polar surface area (TPSA) is 75.7 Å². The molecule has 1 fully saturated rings. The fourth-order valence-electron chi connectivity index (χ4n) is 3.58. The van der Waals surface area contributed by atoms with Crippen LogP contribution in [0.25, 0.3) is 0 Å². The molecule has 6 heteroatoms. The maximum atomic E-state index is 12.7. The van der Waals surface area contributed by atoms with Gasteiger partial charge in [-0.3, -0.25) is 14.4 Å². The van der Waals surface area contributed by atoms with Crippen LogP contribution in [-0.2, 0) is 16.0 Å². The SMILES string of the molecule is CC(=O)Oc1cccc(C(=O)N2CCC(NC(=O)CCc3ccc(C)cc3)CC2)c1. The largest absolute Gasteiger partial charge is 0.427 e. The average molecular weight is 408 g/mol. The van der Waals surface area contributed by atoms with Crippen molar-refractivity contribution in [2.75, 3.05) is 13.1 Å². The molecule has 0 radical (unpaired) electrons. The number of aryl methyl sites for hydroxylation is 2. The lowest BCUT2D eigenvalue weighted by molar-refractivity contribution is -0.131. The van der Waals surface area contributed by atoms with Crippen molar-refractivity contribution in [3.8, 4) is 5.75 Å². The number of esters is 1. The van der Waals surface area contributed by atoms with Crippen molar-refractivity contribution < 1.29 is 19.1 Å². The molecule has 0 saturated carbocycles. The predicted molar refractivity (Wildman–Crippen MR) is 114 cm³/mol. The van der Waals surface area contributed by atoms with Crippen molar-refractivity contribution in [2.45, 2.75) is 45.6 Å². The Morgan fingerprint density at radius 1 is 1.07 bits per heavy atom. The van der Waals surface area contributed by atoms with E-state index in [1.54, 1.807) is 29.2 Å². The second-order valence-electron chi connectivity index (χ2n) is 7.74. The van der Waals surface area contributed by atoms with Gasteiger partial charge in [0.25, 0.3) is 5.91 Å². The lowest BCUT2D eigenvalue weighted by Crippen LogP contribution is -2.46. The Labute approximate surface area is 177 Å². The summed E-state index contributed by atoms with van der Waals surface area (Å²) in [4.78, 5) is 37.9. The van der Waals surface area contributed by atoms with E-state index in [0.29, 0.717) is 30.8 Å². The van der Waals surface area contributed by atoms with Crippen LogP contribution in [0.3, 0.4) is 0 Å². The molecule has 0 atom stereocenters. The summed E-state index contributed by atoms with van der Waals surface area (Å²) in [6.07, 6.45) is 2.64. The number of piperidine rings is 1. The predicted octanol–water partition coefficient (Wildman–Crippen LogP) is 3.27. The summed E-state index contributed by atoms with van der Waals surface area (Å²) in [5.74, 6) is -0.0924. The number of ether oxygens (including phenoxy) is 1. The van der Waals surface area contributed by atoms with Crippen LogP contribution >= 0.6 is 0 Å². The van der Waals surface area contributed by atoms with Crippen LogP contribution in [0.5, 0.6) is 5.75 Å². The maximum Gasteiger partial charge on any atom is 0.308 e. The Morgan fingerprint density at radius 2 is 1.77 bits per heavy atom. The van der Waals surface area contributed by atoms with Gasteiger partial charge in [0.15, 0.2) is 0 Å². The first-order chi connectivity index (χ1) is 14.4. The molecule has 0 aliphatic carbocycles. The van der Waals surface area contributed by atoms with Crippen molar-refractivity contribution in [3.63, 3.8) is 0 Å². The van der Waals surface area contributed by atoms with Crippen molar-refractivity contribution in [2.24, 2.45) is 0 Å². The van der Waals surface area contributed by atoms with Gasteiger partial charge in [0.2, 0.25) is 5.91 Å². The van der Waals surface area contributed by atoms with Gasteiger partial charge < -0.3 is 15.0 Å². The first kappa shape index (κ1) is 21.6. The van der Waals surface area contributed by atoms with Crippen LogP contribution in [0.4, 0.5) is 0 Å². The smallest absolute Gasteiger partial charge is 0.308 e. The summed E-state index contributed by atoms with van der Waals surface area (Å²) in [6, 6.07) is 15.0. The molecule has 2 aromatic carbocycles. The molecule has 1 N–H and O–H groups in total. The van der Waals surface area contributed by atoms with Gasteiger partial charge in [-0.05, 0) is 49.9 Å². The number of amides is 2. The number of likely N-dealkylation sites (tertiary alicyclic amines) is 1. The molecule has 0 spiro atoms. The number of nitrogens with zero attached hydrogens (tertiary/aromatic N) is 1. The second kappa shape index (κ2) is 10.1. The van der Waals surface area contributed by atoms with Crippen LogP contribution in [0.1, 0.15) is 47.7 Å². The monoisotopic (exact) mass is 408 g/mol. The summed E-state index contributed by atoms with van der Waals surface area (Å²) in [6.45, 7) is 4.54. The highest BCUT2D eigenvalue weighted by Gasteiger charge is 2.24. The van der Waals surface area contributed by atoms with Gasteiger partial charge in [-0.15, -0.1) is 0 Å². The fourth-order valence-corrected chi connectivity index (χ4v) is 3.58. The molecule has 2 amide bonds. The third-order valence-electron chi connectivity index (χ3n) is 5.25. The van der Waals surface area contributed by atoms with Gasteiger partial charge in [-0.1, -0.05) is 35.9 Å². The van der Waals surface area contributed by atoms with E-state index in [1.807, 2.05) is 6.92 Å². The van der Waals surface area contributed by atoms with E-state index in [-0.39, 0.29) is 17.9 Å². The van der Waals surface area contributed by atoms with Crippen molar-refractivity contribution in [3.05, 3.63) is 65.2 Å². The highest BCUT2D eigenvalue weighted by molar-refractivity contribution is 5.94. The number of hydrogen-bond acceptors (Lipinski definition) is 4. The lowest BCUT2D eigenvalue weighted by Gasteiger charge is -2.32. The van der Waals surface area contributed by atoms with Crippen LogP contribution < -0.4 is 10.1 Å². The molecule has 3 rings (SSSR count). The van der Waals surface area contributed by atoms with Gasteiger partial charge in [0, 0.05) is 38.0 Å². The van der Waals surface area contributed by atoms with Crippen molar-refractivity contribution in [1.82, 2.24) is 10.2 Å². The summed E-state index contributed by atoms with van der Waals surface area (Å²) in [5.41, 5.74) is 2.86. The minimum absolute atomic E-state index is 0.0504. The lowest BCUT2D eigenvalue weighted by atomic mass is 10.0. The molecule has 1 heterocycles. The highest BCUT2D eigenvalue weighted by atomic mass is 16.5. The zero-order valence-corrected chi connectivity index (χ0v) is 17.5. The Morgan fingerprint density at radius 3 is 2.43 bits per heavy atom. The van der Waals surface area contributed by atoms with Gasteiger partial charge in [0.1, 0.15) is 5.75 Å². The highest BCUT2D eigenvalue weighted by Crippen LogP contribution is 2.18. The number of hydrogen-bond donors (Lipinski definition) is 1. The molecule has 0 aromatic heterocycles. The Balaban J connectivity index is 1.45. The first-order valence-corrected chi connectivity index (χ1v) is 10.3. The van der Waals surface area contributed by atoms with Gasteiger partial charge in [-0.25, -0.2) is 0 Å². The standard InChI is InChI=1S/C24H28N2O4/c1-17-6-8-19(9-7-17)10-11-23(28)25-21-12-14-26(15-13-21)24(29)20-4-3-5-22(16-20)30-18(2)27/h3-9,16,21H,10-15H2,1-2H3,(H,25,28). The van der Waals surface area contributed by atoms with Crippen LogP contribution in [0.15, 0.2) is 48.5 Å². The fraction of sp³-hybridized carbons (Fsp3) is 0.375. The van der Waals surface area contributed by atoms with Crippen LogP contribution in [0.2, 0.25) is 0 Å². The number of carbonyl (C=O) groups excluding carboxylic acids is 3. The van der Waals surface area contributed by atoms with E-state index in [2.05, 4.69) is 29.6 Å². The molecular formula is C24H28N2O4. The number of benzene rings is 2. The van der Waals surface area contributed by atoms with E-state index in [1.165, 1.54) is 12.5 Å². The maximum absolute atomic E-state index is 12.7. The Bertz CT molecular complexity index is 900. The minimum atomic E-state index is -0.418. The Hall–Kier alpha value is -3.15. The average Bonchev–Trinajstić information content (AvgIpc) is 2.73. The second-order valence-corrected chi connectivity index (χ2v) is 7.74. The molecule has 6 nitrogen and oxygen atoms in total. The number of nitrogens with one attached hydrogen (secondary N) is 1. The van der Waals surface area contributed by atoms with E-state index < -0.39 is 5.97 Å². The normalized spacial score (nSPS) is 14.3. The first-order valence-electron chi connectivity index (χ1n) is 10.3. The molecule has 1 aliphatic rings. The molecule has 1 saturated heterocycles. The number of rotatable bonds is 6.